The van der Waals surface area contributed by atoms with E-state index >= 15 is 0 Å². The van der Waals surface area contributed by atoms with Crippen LogP contribution >= 0.6 is 11.6 Å². The van der Waals surface area contributed by atoms with Crippen LogP contribution in [0, 0.1) is 10.1 Å². The zero-order valence-electron chi connectivity index (χ0n) is 13.6. The largest absolute Gasteiger partial charge is 0.487 e. The summed E-state index contributed by atoms with van der Waals surface area (Å²) in [4.78, 5) is 22.6. The van der Waals surface area contributed by atoms with E-state index in [-0.39, 0.29) is 17.3 Å². The molecule has 0 fully saturated rings. The van der Waals surface area contributed by atoms with Gasteiger partial charge in [-0.3, -0.25) is 14.9 Å². The smallest absolute Gasteiger partial charge is 0.311 e. The molecule has 0 bridgehead atoms. The lowest BCUT2D eigenvalue weighted by Gasteiger charge is -2.06. The van der Waals surface area contributed by atoms with Crippen molar-refractivity contribution in [3.63, 3.8) is 0 Å². The Morgan fingerprint density at radius 3 is 2.64 bits per heavy atom. The number of amides is 1. The number of nitro groups is 1. The molecule has 0 aliphatic rings. The molecule has 1 amide bonds. The van der Waals surface area contributed by atoms with E-state index in [0.717, 1.165) is 6.42 Å². The third-order valence-electron chi connectivity index (χ3n) is 3.18. The minimum Gasteiger partial charge on any atom is -0.487 e. The molecule has 0 spiro atoms. The van der Waals surface area contributed by atoms with Gasteiger partial charge in [-0.05, 0) is 48.4 Å². The summed E-state index contributed by atoms with van der Waals surface area (Å²) < 4.78 is 5.36. The molecule has 0 saturated carbocycles. The number of nitrogens with one attached hydrogen (secondary N) is 1. The average Bonchev–Trinajstić information content (AvgIpc) is 2.60. The maximum absolute atomic E-state index is 11.9. The number of carbonyl (C=O) groups is 1. The van der Waals surface area contributed by atoms with Crippen molar-refractivity contribution < 1.29 is 14.5 Å². The van der Waals surface area contributed by atoms with Crippen molar-refractivity contribution in [1.29, 1.82) is 0 Å². The van der Waals surface area contributed by atoms with E-state index in [4.69, 9.17) is 16.3 Å². The van der Waals surface area contributed by atoms with Crippen LogP contribution in [0.5, 0.6) is 5.75 Å². The van der Waals surface area contributed by atoms with Gasteiger partial charge in [0.2, 0.25) is 5.91 Å². The summed E-state index contributed by atoms with van der Waals surface area (Å²) in [5, 5.41) is 14.4. The van der Waals surface area contributed by atoms with Crippen LogP contribution < -0.4 is 10.1 Å². The second-order valence-electron chi connectivity index (χ2n) is 5.16. The van der Waals surface area contributed by atoms with Gasteiger partial charge in [0, 0.05) is 22.9 Å². The molecule has 6 nitrogen and oxygen atoms in total. The van der Waals surface area contributed by atoms with Crippen molar-refractivity contribution in [2.45, 2.75) is 13.3 Å². The van der Waals surface area contributed by atoms with Crippen LogP contribution in [0.3, 0.4) is 0 Å². The van der Waals surface area contributed by atoms with E-state index in [1.54, 1.807) is 30.3 Å². The third-order valence-corrected chi connectivity index (χ3v) is 3.43. The summed E-state index contributed by atoms with van der Waals surface area (Å²) in [6.45, 7) is 2.32. The molecule has 0 heterocycles. The second-order valence-corrected chi connectivity index (χ2v) is 5.60. The molecular formula is C18H17ClN2O4. The maximum Gasteiger partial charge on any atom is 0.311 e. The van der Waals surface area contributed by atoms with Crippen LogP contribution in [0.25, 0.3) is 6.08 Å². The normalized spacial score (nSPS) is 10.6. The summed E-state index contributed by atoms with van der Waals surface area (Å²) >= 11 is 5.78. The van der Waals surface area contributed by atoms with Gasteiger partial charge < -0.3 is 10.1 Å². The molecule has 130 valence electrons. The fourth-order valence-corrected chi connectivity index (χ4v) is 2.13. The van der Waals surface area contributed by atoms with Crippen LogP contribution in [0.4, 0.5) is 11.4 Å². The highest BCUT2D eigenvalue weighted by atomic mass is 35.5. The molecule has 2 aromatic rings. The maximum atomic E-state index is 11.9. The van der Waals surface area contributed by atoms with Gasteiger partial charge in [-0.2, -0.15) is 0 Å². The fraction of sp³-hybridized carbons (Fsp3) is 0.167. The summed E-state index contributed by atoms with van der Waals surface area (Å²) in [7, 11) is 0. The molecule has 0 unspecified atom stereocenters. The predicted molar refractivity (Wildman–Crippen MR) is 98.0 cm³/mol. The highest BCUT2D eigenvalue weighted by Gasteiger charge is 2.15. The predicted octanol–water partition coefficient (Wildman–Crippen LogP) is 4.69. The Balaban J connectivity index is 2.09. The number of rotatable bonds is 7. The van der Waals surface area contributed by atoms with Crippen molar-refractivity contribution >= 4 is 35.0 Å². The first-order chi connectivity index (χ1) is 12.0. The Labute approximate surface area is 150 Å². The first-order valence-electron chi connectivity index (χ1n) is 7.65. The zero-order valence-corrected chi connectivity index (χ0v) is 14.3. The molecule has 1 N–H and O–H groups in total. The topological polar surface area (TPSA) is 81.5 Å². The van der Waals surface area contributed by atoms with Crippen LogP contribution in [0.2, 0.25) is 5.02 Å². The first-order valence-corrected chi connectivity index (χ1v) is 8.03. The highest BCUT2D eigenvalue weighted by Crippen LogP contribution is 2.28. The van der Waals surface area contributed by atoms with E-state index in [2.05, 4.69) is 5.32 Å². The standard InChI is InChI=1S/C18H17ClN2O4/c1-2-11-25-17-9-3-13(12-16(17)21(23)24)4-10-18(22)20-15-7-5-14(19)6-8-15/h3-10,12H,2,11H2,1H3,(H,20,22)/b10-4+. The molecule has 25 heavy (non-hydrogen) atoms. The molecule has 2 aromatic carbocycles. The minimum absolute atomic E-state index is 0.131. The molecule has 0 saturated heterocycles. The molecule has 0 atom stereocenters. The Hall–Kier alpha value is -2.86. The molecule has 0 aliphatic carbocycles. The lowest BCUT2D eigenvalue weighted by atomic mass is 10.1. The molecule has 7 heteroatoms. The first kappa shape index (κ1) is 18.5. The van der Waals surface area contributed by atoms with E-state index in [1.165, 1.54) is 24.3 Å². The van der Waals surface area contributed by atoms with E-state index in [0.29, 0.717) is 22.9 Å². The van der Waals surface area contributed by atoms with Crippen LogP contribution in [-0.2, 0) is 4.79 Å². The number of anilines is 1. The van der Waals surface area contributed by atoms with Gasteiger partial charge in [-0.25, -0.2) is 0 Å². The minimum atomic E-state index is -0.504. The van der Waals surface area contributed by atoms with Gasteiger partial charge >= 0.3 is 5.69 Å². The van der Waals surface area contributed by atoms with E-state index in [1.807, 2.05) is 6.92 Å². The SMILES string of the molecule is CCCOc1ccc(/C=C/C(=O)Nc2ccc(Cl)cc2)cc1[N+](=O)[O-]. The number of hydrogen-bond acceptors (Lipinski definition) is 4. The Morgan fingerprint density at radius 2 is 2.00 bits per heavy atom. The number of hydrogen-bond donors (Lipinski definition) is 1. The van der Waals surface area contributed by atoms with Crippen molar-refractivity contribution in [1.82, 2.24) is 0 Å². The molecule has 0 aromatic heterocycles. The van der Waals surface area contributed by atoms with Gasteiger partial charge in [0.05, 0.1) is 11.5 Å². The number of benzene rings is 2. The fourth-order valence-electron chi connectivity index (χ4n) is 2.00. The van der Waals surface area contributed by atoms with Crippen LogP contribution in [0.15, 0.2) is 48.5 Å². The van der Waals surface area contributed by atoms with Gasteiger partial charge in [-0.1, -0.05) is 24.6 Å². The number of carbonyl (C=O) groups excluding carboxylic acids is 1. The van der Waals surface area contributed by atoms with Gasteiger partial charge in [0.1, 0.15) is 0 Å². The third kappa shape index (κ3) is 5.61. The molecule has 0 aliphatic heterocycles. The second kappa shape index (κ2) is 8.84. The summed E-state index contributed by atoms with van der Waals surface area (Å²) in [5.74, 6) is -0.133. The van der Waals surface area contributed by atoms with Crippen LogP contribution in [-0.4, -0.2) is 17.4 Å². The van der Waals surface area contributed by atoms with E-state index < -0.39 is 4.92 Å². The summed E-state index contributed by atoms with van der Waals surface area (Å²) in [6, 6.07) is 11.3. The highest BCUT2D eigenvalue weighted by molar-refractivity contribution is 6.30. The van der Waals surface area contributed by atoms with Gasteiger partial charge in [0.25, 0.3) is 0 Å². The monoisotopic (exact) mass is 360 g/mol. The Morgan fingerprint density at radius 1 is 1.28 bits per heavy atom. The zero-order chi connectivity index (χ0) is 18.2. The summed E-state index contributed by atoms with van der Waals surface area (Å²) in [5.41, 5.74) is 1.00. The Bertz CT molecular complexity index is 788. The van der Waals surface area contributed by atoms with Crippen molar-refractivity contribution in [3.05, 3.63) is 69.2 Å². The van der Waals surface area contributed by atoms with Crippen molar-refractivity contribution in [3.8, 4) is 5.75 Å². The summed E-state index contributed by atoms with van der Waals surface area (Å²) in [6.07, 6.45) is 3.56. The van der Waals surface area contributed by atoms with Crippen molar-refractivity contribution in [2.75, 3.05) is 11.9 Å². The van der Waals surface area contributed by atoms with Gasteiger partial charge in [0.15, 0.2) is 5.75 Å². The number of halogens is 1. The number of nitro benzene ring substituents is 1. The number of nitrogens with zero attached hydrogens (tertiary/aromatic N) is 1. The van der Waals surface area contributed by atoms with Gasteiger partial charge in [-0.15, -0.1) is 0 Å². The quantitative estimate of drug-likeness (QED) is 0.441. The Kier molecular flexibility index (Phi) is 6.54. The van der Waals surface area contributed by atoms with E-state index in [9.17, 15) is 14.9 Å². The lowest BCUT2D eigenvalue weighted by molar-refractivity contribution is -0.385. The molecular weight excluding hydrogens is 344 g/mol. The van der Waals surface area contributed by atoms with Crippen LogP contribution in [0.1, 0.15) is 18.9 Å². The average molecular weight is 361 g/mol. The lowest BCUT2D eigenvalue weighted by Crippen LogP contribution is -2.07. The van der Waals surface area contributed by atoms with Crippen molar-refractivity contribution in [2.24, 2.45) is 0 Å². The molecule has 0 radical (unpaired) electrons. The number of ether oxygens (including phenoxy) is 1. The molecule has 2 rings (SSSR count).